The topological polar surface area (TPSA) is 99.3 Å². The Bertz CT molecular complexity index is 513. The first-order valence-corrected chi connectivity index (χ1v) is 4.25. The molecule has 6 nitrogen and oxygen atoms in total. The third-order valence-corrected chi connectivity index (χ3v) is 1.98. The normalized spacial score (nSPS) is 9.00. The number of hydrogen-bond acceptors (Lipinski definition) is 5. The van der Waals surface area contributed by atoms with Crippen LogP contribution < -0.4 is 0 Å². The average Bonchev–Trinajstić information content (AvgIpc) is 2.31. The van der Waals surface area contributed by atoms with Gasteiger partial charge in [-0.15, -0.1) is 9.81 Å². The molecular weight excluding hydrogens is 212 g/mol. The van der Waals surface area contributed by atoms with Crippen LogP contribution in [-0.2, 0) is 0 Å². The number of phenols is 1. The molecule has 0 aliphatic rings. The quantitative estimate of drug-likeness (QED) is 0.569. The largest absolute Gasteiger partial charge is 0.505 e. The molecule has 0 aliphatic carbocycles. The molecule has 2 N–H and O–H groups in total. The fourth-order valence-corrected chi connectivity index (χ4v) is 1.32. The first-order valence-electron chi connectivity index (χ1n) is 4.25. The van der Waals surface area contributed by atoms with Crippen LogP contribution in [0.2, 0.25) is 0 Å². The Balaban J connectivity index is 0.000000386. The second-order valence-corrected chi connectivity index (χ2v) is 2.83. The van der Waals surface area contributed by atoms with Gasteiger partial charge < -0.3 is 10.3 Å². The Morgan fingerprint density at radius 3 is 2.25 bits per heavy atom. The van der Waals surface area contributed by atoms with E-state index in [4.69, 9.17) is 10.1 Å². The highest BCUT2D eigenvalue weighted by Crippen LogP contribution is 2.33. The van der Waals surface area contributed by atoms with Gasteiger partial charge in [0.25, 0.3) is 0 Å². The lowest BCUT2D eigenvalue weighted by Gasteiger charge is -2.00. The standard InChI is InChI=1S/C10H7NO2.HNO2/c12-10-8-4-2-1-3-7(8)5-6-9(10)11-13;2-1-3/h1-6,12H;(H,2,3). The van der Waals surface area contributed by atoms with Gasteiger partial charge in [-0.3, -0.25) is 0 Å². The van der Waals surface area contributed by atoms with Crippen molar-refractivity contribution in [3.8, 4) is 5.75 Å². The highest BCUT2D eigenvalue weighted by atomic mass is 16.6. The molecule has 0 spiro atoms. The van der Waals surface area contributed by atoms with Crippen LogP contribution in [0.1, 0.15) is 0 Å². The van der Waals surface area contributed by atoms with E-state index < -0.39 is 0 Å². The molecule has 82 valence electrons. The molecule has 0 unspecified atom stereocenters. The summed E-state index contributed by atoms with van der Waals surface area (Å²) >= 11 is 0. The van der Waals surface area contributed by atoms with Gasteiger partial charge in [-0.2, -0.15) is 0 Å². The summed E-state index contributed by atoms with van der Waals surface area (Å²) in [6.07, 6.45) is 0. The first-order chi connectivity index (χ1) is 7.74. The number of fused-ring (bicyclic) bond motifs is 1. The van der Waals surface area contributed by atoms with E-state index in [1.54, 1.807) is 18.2 Å². The highest BCUT2D eigenvalue weighted by Gasteiger charge is 2.04. The van der Waals surface area contributed by atoms with Crippen LogP contribution in [0, 0.1) is 9.81 Å². The highest BCUT2D eigenvalue weighted by molar-refractivity contribution is 5.92. The number of aromatic hydroxyl groups is 1. The van der Waals surface area contributed by atoms with Crippen molar-refractivity contribution >= 4 is 16.5 Å². The molecule has 0 heterocycles. The number of hydrogen-bond donors (Lipinski definition) is 2. The maximum atomic E-state index is 10.3. The second-order valence-electron chi connectivity index (χ2n) is 2.83. The lowest BCUT2D eigenvalue weighted by molar-refractivity contribution is 0.312. The van der Waals surface area contributed by atoms with Gasteiger partial charge in [-0.1, -0.05) is 30.3 Å². The Hall–Kier alpha value is -2.50. The van der Waals surface area contributed by atoms with E-state index in [1.807, 2.05) is 12.1 Å². The monoisotopic (exact) mass is 220 g/mol. The minimum atomic E-state index is -0.0481. The van der Waals surface area contributed by atoms with E-state index in [1.165, 1.54) is 11.4 Å². The maximum absolute atomic E-state index is 10.3. The van der Waals surface area contributed by atoms with Crippen molar-refractivity contribution in [3.63, 3.8) is 0 Å². The van der Waals surface area contributed by atoms with Crippen LogP contribution in [0.5, 0.6) is 5.75 Å². The van der Waals surface area contributed by atoms with Crippen molar-refractivity contribution in [1.29, 1.82) is 0 Å². The van der Waals surface area contributed by atoms with Crippen LogP contribution in [0.3, 0.4) is 0 Å². The Morgan fingerprint density at radius 1 is 1.00 bits per heavy atom. The van der Waals surface area contributed by atoms with E-state index in [9.17, 15) is 10.0 Å². The van der Waals surface area contributed by atoms with Crippen molar-refractivity contribution in [1.82, 2.24) is 0 Å². The summed E-state index contributed by atoms with van der Waals surface area (Å²) in [4.78, 5) is 18.4. The predicted molar refractivity (Wildman–Crippen MR) is 58.6 cm³/mol. The molecule has 0 fully saturated rings. The molecule has 0 saturated heterocycles. The summed E-state index contributed by atoms with van der Waals surface area (Å²) in [6, 6.07) is 10.5. The summed E-state index contributed by atoms with van der Waals surface area (Å²) in [6.45, 7) is 0. The van der Waals surface area contributed by atoms with E-state index in [2.05, 4.69) is 5.18 Å². The summed E-state index contributed by atoms with van der Waals surface area (Å²) in [5, 5.41) is 21.7. The molecule has 2 aromatic carbocycles. The summed E-state index contributed by atoms with van der Waals surface area (Å²) < 4.78 is 0. The fourth-order valence-electron chi connectivity index (χ4n) is 1.32. The van der Waals surface area contributed by atoms with Crippen LogP contribution >= 0.6 is 0 Å². The molecule has 6 heteroatoms. The van der Waals surface area contributed by atoms with Gasteiger partial charge in [0.05, 0.1) is 0 Å². The van der Waals surface area contributed by atoms with Gasteiger partial charge in [0, 0.05) is 5.39 Å². The van der Waals surface area contributed by atoms with Gasteiger partial charge in [-0.25, -0.2) is 0 Å². The third-order valence-electron chi connectivity index (χ3n) is 1.98. The van der Waals surface area contributed by atoms with Crippen LogP contribution in [-0.4, -0.2) is 10.3 Å². The van der Waals surface area contributed by atoms with Crippen molar-refractivity contribution in [2.24, 2.45) is 10.5 Å². The first kappa shape index (κ1) is 11.6. The van der Waals surface area contributed by atoms with E-state index in [-0.39, 0.29) is 11.4 Å². The van der Waals surface area contributed by atoms with Gasteiger partial charge >= 0.3 is 0 Å². The smallest absolute Gasteiger partial charge is 0.152 e. The Labute approximate surface area is 90.1 Å². The number of phenolic OH excluding ortho intramolecular Hbond substituents is 1. The third kappa shape index (κ3) is 2.30. The minimum Gasteiger partial charge on any atom is -0.505 e. The molecule has 16 heavy (non-hydrogen) atoms. The molecule has 0 bridgehead atoms. The van der Waals surface area contributed by atoms with Crippen molar-refractivity contribution < 1.29 is 10.3 Å². The van der Waals surface area contributed by atoms with E-state index >= 15 is 0 Å². The second kappa shape index (κ2) is 5.40. The lowest BCUT2D eigenvalue weighted by atomic mass is 10.1. The van der Waals surface area contributed by atoms with Crippen molar-refractivity contribution in [2.75, 3.05) is 0 Å². The van der Waals surface area contributed by atoms with Gasteiger partial charge in [0.15, 0.2) is 11.1 Å². The summed E-state index contributed by atoms with van der Waals surface area (Å²) in [7, 11) is 0. The van der Waals surface area contributed by atoms with Crippen molar-refractivity contribution in [3.05, 3.63) is 46.2 Å². The van der Waals surface area contributed by atoms with E-state index in [0.29, 0.717) is 5.39 Å². The maximum Gasteiger partial charge on any atom is 0.152 e. The molecule has 2 aromatic rings. The zero-order valence-electron chi connectivity index (χ0n) is 8.07. The molecule has 0 aromatic heterocycles. The number of nitroso groups, excluding NO2 is 1. The van der Waals surface area contributed by atoms with Gasteiger partial charge in [-0.05, 0) is 16.6 Å². The molecular formula is C10H8N2O4. The van der Waals surface area contributed by atoms with Crippen LogP contribution in [0.25, 0.3) is 10.8 Å². The van der Waals surface area contributed by atoms with Crippen molar-refractivity contribution in [2.45, 2.75) is 0 Å². The Morgan fingerprint density at radius 2 is 1.62 bits per heavy atom. The summed E-state index contributed by atoms with van der Waals surface area (Å²) in [5.74, 6) is -0.0481. The number of nitrogens with zero attached hydrogens (tertiary/aromatic N) is 2. The summed E-state index contributed by atoms with van der Waals surface area (Å²) in [5.41, 5.74) is 0.0821. The van der Waals surface area contributed by atoms with E-state index in [0.717, 1.165) is 5.39 Å². The Kier molecular flexibility index (Phi) is 3.90. The zero-order chi connectivity index (χ0) is 12.0. The average molecular weight is 220 g/mol. The number of rotatable bonds is 1. The minimum absolute atomic E-state index is 0.0481. The molecule has 2 rings (SSSR count). The van der Waals surface area contributed by atoms with Gasteiger partial charge in [0.1, 0.15) is 5.69 Å². The number of benzene rings is 2. The SMILES string of the molecule is O=NO.O=Nc1ccc2ccccc2c1O. The van der Waals surface area contributed by atoms with Crippen LogP contribution in [0.4, 0.5) is 5.69 Å². The molecule has 0 atom stereocenters. The zero-order valence-corrected chi connectivity index (χ0v) is 8.07. The predicted octanol–water partition coefficient (Wildman–Crippen LogP) is 3.09. The molecule has 0 radical (unpaired) electrons. The lowest BCUT2D eigenvalue weighted by Crippen LogP contribution is -1.73. The molecule has 0 saturated carbocycles. The van der Waals surface area contributed by atoms with Gasteiger partial charge in [0.2, 0.25) is 0 Å². The molecule has 0 aliphatic heterocycles. The van der Waals surface area contributed by atoms with Crippen LogP contribution in [0.15, 0.2) is 46.9 Å². The molecule has 0 amide bonds. The fraction of sp³-hybridized carbons (Fsp3) is 0.